The number of benzene rings is 2. The maximum absolute atomic E-state index is 12.5. The van der Waals surface area contributed by atoms with Gasteiger partial charge in [-0.25, -0.2) is 10.9 Å². The van der Waals surface area contributed by atoms with E-state index in [0.29, 0.717) is 12.2 Å². The molecular formula is C29H42N2O4S. The quantitative estimate of drug-likeness (QED) is 0.427. The van der Waals surface area contributed by atoms with E-state index in [9.17, 15) is 20.1 Å². The zero-order valence-corrected chi connectivity index (χ0v) is 22.7. The molecule has 2 aliphatic rings. The van der Waals surface area contributed by atoms with Crippen molar-refractivity contribution in [3.05, 3.63) is 70.3 Å². The van der Waals surface area contributed by atoms with Crippen LogP contribution >= 0.6 is 10.9 Å². The topological polar surface area (TPSA) is 84.2 Å². The highest BCUT2D eigenvalue weighted by Gasteiger charge is 2.40. The van der Waals surface area contributed by atoms with Crippen LogP contribution in [0.25, 0.3) is 0 Å². The lowest BCUT2D eigenvalue weighted by Crippen LogP contribution is -2.47. The molecule has 2 fully saturated rings. The minimum Gasteiger partial charge on any atom is -0.390 e. The third-order valence-corrected chi connectivity index (χ3v) is 10.4. The molecule has 198 valence electrons. The van der Waals surface area contributed by atoms with Crippen LogP contribution < -0.4 is 0 Å². The van der Waals surface area contributed by atoms with Gasteiger partial charge in [0.25, 0.3) is 0 Å². The molecule has 0 bridgehead atoms. The Morgan fingerprint density at radius 1 is 0.972 bits per heavy atom. The first-order valence-electron chi connectivity index (χ1n) is 13.1. The lowest BCUT2D eigenvalue weighted by molar-refractivity contribution is -0.132. The highest BCUT2D eigenvalue weighted by atomic mass is 32.2. The summed E-state index contributed by atoms with van der Waals surface area (Å²) in [5.41, 5.74) is 5.95. The lowest BCUT2D eigenvalue weighted by atomic mass is 9.93. The van der Waals surface area contributed by atoms with Gasteiger partial charge < -0.3 is 25.1 Å². The summed E-state index contributed by atoms with van der Waals surface area (Å²) in [5, 5.41) is 30.8. The van der Waals surface area contributed by atoms with Crippen molar-refractivity contribution in [2.45, 2.75) is 56.2 Å². The third kappa shape index (κ3) is 6.50. The van der Waals surface area contributed by atoms with Crippen LogP contribution in [0.1, 0.15) is 45.9 Å². The number of aryl methyl sites for hydroxylation is 2. The van der Waals surface area contributed by atoms with Gasteiger partial charge in [0.2, 0.25) is 5.91 Å². The molecule has 2 heterocycles. The number of likely N-dealkylation sites (N-methyl/N-ethyl adjacent to an activating group) is 1. The van der Waals surface area contributed by atoms with Crippen molar-refractivity contribution < 1.29 is 20.1 Å². The second-order valence-corrected chi connectivity index (χ2v) is 13.1. The van der Waals surface area contributed by atoms with Gasteiger partial charge in [0, 0.05) is 43.6 Å². The first-order chi connectivity index (χ1) is 17.2. The van der Waals surface area contributed by atoms with Crippen LogP contribution in [0, 0.1) is 6.92 Å². The van der Waals surface area contributed by atoms with E-state index in [4.69, 9.17) is 0 Å². The highest BCUT2D eigenvalue weighted by Crippen LogP contribution is 2.48. The number of hydrogen-bond acceptors (Lipinski definition) is 5. The summed E-state index contributed by atoms with van der Waals surface area (Å²) in [6.45, 7) is 5.71. The Balaban J connectivity index is 1.34. The number of hydrogen-bond donors (Lipinski definition) is 4. The molecule has 1 unspecified atom stereocenters. The molecule has 0 radical (unpaired) electrons. The molecule has 2 aromatic carbocycles. The Hall–Kier alpha value is -1.90. The molecule has 0 aliphatic carbocycles. The van der Waals surface area contributed by atoms with E-state index in [0.717, 1.165) is 51.0 Å². The molecule has 4 rings (SSSR count). The van der Waals surface area contributed by atoms with Gasteiger partial charge in [0.1, 0.15) is 6.10 Å². The zero-order valence-electron chi connectivity index (χ0n) is 21.8. The van der Waals surface area contributed by atoms with Gasteiger partial charge in [-0.2, -0.15) is 0 Å². The Morgan fingerprint density at radius 2 is 1.64 bits per heavy atom. The van der Waals surface area contributed by atoms with E-state index in [1.807, 2.05) is 4.90 Å². The SMILES string of the molecule is Cc1ccc([C@H]2[C@H](O)[C@H](O)[C@H](O)C[SH]2C)cc1Cc1ccc(CCCC(=O)N2CCN(C)CC2)cc1. The van der Waals surface area contributed by atoms with Gasteiger partial charge in [0.15, 0.2) is 0 Å². The number of carbonyl (C=O) groups excluding carboxylic acids is 1. The summed E-state index contributed by atoms with van der Waals surface area (Å²) >= 11 is 0. The number of rotatable bonds is 7. The minimum absolute atomic E-state index is 0.131. The first-order valence-corrected chi connectivity index (χ1v) is 15.1. The summed E-state index contributed by atoms with van der Waals surface area (Å²) in [6.07, 6.45) is 2.40. The van der Waals surface area contributed by atoms with Crippen LogP contribution in [0.3, 0.4) is 0 Å². The normalized spacial score (nSPS) is 28.3. The average Bonchev–Trinajstić information content (AvgIpc) is 2.86. The Bertz CT molecular complexity index is 1020. The second-order valence-electron chi connectivity index (χ2n) is 10.6. The van der Waals surface area contributed by atoms with Crippen molar-refractivity contribution in [3.8, 4) is 0 Å². The van der Waals surface area contributed by atoms with E-state index in [-0.39, 0.29) is 11.2 Å². The fourth-order valence-electron chi connectivity index (χ4n) is 5.41. The first kappa shape index (κ1) is 27.1. The fraction of sp³-hybridized carbons (Fsp3) is 0.552. The molecule has 6 nitrogen and oxygen atoms in total. The van der Waals surface area contributed by atoms with Crippen molar-refractivity contribution in [1.82, 2.24) is 9.80 Å². The molecule has 2 aromatic rings. The molecule has 7 heteroatoms. The Kier molecular flexibility index (Phi) is 9.12. The number of carbonyl (C=O) groups is 1. The zero-order chi connectivity index (χ0) is 25.8. The van der Waals surface area contributed by atoms with Crippen LogP contribution in [0.15, 0.2) is 42.5 Å². The number of aliphatic hydroxyl groups excluding tert-OH is 3. The van der Waals surface area contributed by atoms with Crippen LogP contribution in [0.5, 0.6) is 0 Å². The number of thiol groups is 1. The summed E-state index contributed by atoms with van der Waals surface area (Å²) in [7, 11) is 1.47. The largest absolute Gasteiger partial charge is 0.390 e. The summed E-state index contributed by atoms with van der Waals surface area (Å²) in [6, 6.07) is 15.0. The smallest absolute Gasteiger partial charge is 0.222 e. The van der Waals surface area contributed by atoms with Crippen molar-refractivity contribution in [2.75, 3.05) is 45.2 Å². The molecule has 3 N–H and O–H groups in total. The Morgan fingerprint density at radius 3 is 2.33 bits per heavy atom. The third-order valence-electron chi connectivity index (χ3n) is 7.86. The fourth-order valence-corrected chi connectivity index (χ4v) is 7.81. The average molecular weight is 515 g/mol. The molecule has 2 saturated heterocycles. The molecule has 0 saturated carbocycles. The predicted molar refractivity (Wildman–Crippen MR) is 148 cm³/mol. The monoisotopic (exact) mass is 514 g/mol. The molecular weight excluding hydrogens is 472 g/mol. The van der Waals surface area contributed by atoms with E-state index >= 15 is 0 Å². The summed E-state index contributed by atoms with van der Waals surface area (Å²) < 4.78 is 0. The molecule has 0 spiro atoms. The number of amides is 1. The maximum atomic E-state index is 12.5. The van der Waals surface area contributed by atoms with Crippen molar-refractivity contribution in [2.24, 2.45) is 0 Å². The second kappa shape index (κ2) is 12.1. The van der Waals surface area contributed by atoms with E-state index < -0.39 is 29.2 Å². The summed E-state index contributed by atoms with van der Waals surface area (Å²) in [5.74, 6) is 0.820. The van der Waals surface area contributed by atoms with Crippen LogP contribution in [-0.4, -0.2) is 94.6 Å². The van der Waals surface area contributed by atoms with Crippen molar-refractivity contribution in [3.63, 3.8) is 0 Å². The van der Waals surface area contributed by atoms with Crippen LogP contribution in [-0.2, 0) is 17.6 Å². The van der Waals surface area contributed by atoms with E-state index in [2.05, 4.69) is 67.6 Å². The lowest BCUT2D eigenvalue weighted by Gasteiger charge is -2.42. The van der Waals surface area contributed by atoms with E-state index in [1.54, 1.807) is 0 Å². The molecule has 1 amide bonds. The van der Waals surface area contributed by atoms with Crippen molar-refractivity contribution >= 4 is 16.8 Å². The molecule has 0 aromatic heterocycles. The highest BCUT2D eigenvalue weighted by molar-refractivity contribution is 8.16. The number of nitrogens with zero attached hydrogens (tertiary/aromatic N) is 2. The van der Waals surface area contributed by atoms with Crippen LogP contribution in [0.2, 0.25) is 0 Å². The standard InChI is InChI=1S/C29H42N2O4S/c1-20-7-12-23(29-28(35)27(34)25(32)19-36(29)3)18-24(20)17-22-10-8-21(9-11-22)5-4-6-26(33)31-15-13-30(2)14-16-31/h7-12,18,25,27-29,32,34-36H,4-6,13-17,19H2,1-3H3/t25-,27-,28-,29+/m1/s1. The minimum atomic E-state index is -1.09. The van der Waals surface area contributed by atoms with Gasteiger partial charge >= 0.3 is 0 Å². The maximum Gasteiger partial charge on any atom is 0.222 e. The number of piperazine rings is 1. The predicted octanol–water partition coefficient (Wildman–Crippen LogP) is 2.45. The van der Waals surface area contributed by atoms with Gasteiger partial charge in [-0.1, -0.05) is 42.5 Å². The van der Waals surface area contributed by atoms with E-state index in [1.165, 1.54) is 22.3 Å². The van der Waals surface area contributed by atoms with Gasteiger partial charge in [-0.3, -0.25) is 4.79 Å². The molecule has 2 aliphatic heterocycles. The molecule has 5 atom stereocenters. The summed E-state index contributed by atoms with van der Waals surface area (Å²) in [4.78, 5) is 16.7. The van der Waals surface area contributed by atoms with Gasteiger partial charge in [0.05, 0.1) is 12.2 Å². The Labute approximate surface area is 218 Å². The van der Waals surface area contributed by atoms with Crippen LogP contribution in [0.4, 0.5) is 0 Å². The molecule has 36 heavy (non-hydrogen) atoms. The van der Waals surface area contributed by atoms with Crippen molar-refractivity contribution in [1.29, 1.82) is 0 Å². The number of aliphatic hydroxyl groups is 3. The van der Waals surface area contributed by atoms with Gasteiger partial charge in [-0.05, 0) is 67.3 Å². The van der Waals surface area contributed by atoms with Gasteiger partial charge in [-0.15, -0.1) is 0 Å².